The Balaban J connectivity index is 1.77. The second-order valence-electron chi connectivity index (χ2n) is 4.33. The van der Waals surface area contributed by atoms with Gasteiger partial charge >= 0.3 is 0 Å². The number of ether oxygens (including phenoxy) is 1. The molecule has 0 aromatic heterocycles. The van der Waals surface area contributed by atoms with Gasteiger partial charge in [0.25, 0.3) is 0 Å². The van der Waals surface area contributed by atoms with Crippen LogP contribution in [0.2, 0.25) is 0 Å². The predicted octanol–water partition coefficient (Wildman–Crippen LogP) is 2.46. The van der Waals surface area contributed by atoms with E-state index in [0.717, 1.165) is 17.8 Å². The van der Waals surface area contributed by atoms with Crippen molar-refractivity contribution in [3.8, 4) is 0 Å². The number of rotatable bonds is 3. The molecule has 11 heavy (non-hydrogen) atoms. The third-order valence-electron chi connectivity index (χ3n) is 3.36. The Morgan fingerprint density at radius 1 is 1.55 bits per heavy atom. The quantitative estimate of drug-likeness (QED) is 0.569. The van der Waals surface area contributed by atoms with Gasteiger partial charge in [-0.3, -0.25) is 0 Å². The van der Waals surface area contributed by atoms with Gasteiger partial charge in [0.15, 0.2) is 0 Å². The van der Waals surface area contributed by atoms with Crippen LogP contribution in [0.15, 0.2) is 0 Å². The van der Waals surface area contributed by atoms with Crippen LogP contribution in [-0.4, -0.2) is 12.2 Å². The van der Waals surface area contributed by atoms with Crippen LogP contribution in [0, 0.1) is 17.8 Å². The van der Waals surface area contributed by atoms with Crippen LogP contribution >= 0.6 is 0 Å². The van der Waals surface area contributed by atoms with Gasteiger partial charge in [-0.2, -0.15) is 0 Å². The van der Waals surface area contributed by atoms with E-state index >= 15 is 0 Å². The van der Waals surface area contributed by atoms with Crippen molar-refractivity contribution < 1.29 is 4.74 Å². The summed E-state index contributed by atoms with van der Waals surface area (Å²) >= 11 is 0. The van der Waals surface area contributed by atoms with Gasteiger partial charge in [0.2, 0.25) is 0 Å². The van der Waals surface area contributed by atoms with Crippen molar-refractivity contribution in [1.82, 2.24) is 0 Å². The summed E-state index contributed by atoms with van der Waals surface area (Å²) in [4.78, 5) is 0. The maximum atomic E-state index is 5.66. The lowest BCUT2D eigenvalue weighted by Crippen LogP contribution is -2.06. The lowest BCUT2D eigenvalue weighted by molar-refractivity contribution is 0.313. The fraction of sp³-hybridized carbons (Fsp3) is 1.00. The van der Waals surface area contributed by atoms with E-state index in [1.807, 2.05) is 0 Å². The third kappa shape index (κ3) is 1.31. The highest BCUT2D eigenvalue weighted by Gasteiger charge is 2.54. The van der Waals surface area contributed by atoms with Crippen molar-refractivity contribution in [2.24, 2.45) is 17.8 Å². The summed E-state index contributed by atoms with van der Waals surface area (Å²) in [5.74, 6) is 2.66. The first-order valence-corrected chi connectivity index (χ1v) is 4.89. The van der Waals surface area contributed by atoms with Gasteiger partial charge in [-0.05, 0) is 24.2 Å². The van der Waals surface area contributed by atoms with Crippen LogP contribution in [-0.2, 0) is 4.74 Å². The molecule has 1 heteroatoms. The molecular formula is C10H18O. The molecule has 2 fully saturated rings. The molecule has 0 spiro atoms. The molecule has 0 amide bonds. The zero-order valence-electron chi connectivity index (χ0n) is 7.71. The zero-order valence-corrected chi connectivity index (χ0v) is 7.71. The molecule has 0 N–H and O–H groups in total. The van der Waals surface area contributed by atoms with Gasteiger partial charge in [-0.25, -0.2) is 0 Å². The van der Waals surface area contributed by atoms with Gasteiger partial charge in [-0.1, -0.05) is 27.2 Å². The number of epoxide rings is 1. The maximum absolute atomic E-state index is 5.66. The molecule has 2 aliphatic rings. The minimum Gasteiger partial charge on any atom is -0.369 e. The lowest BCUT2D eigenvalue weighted by atomic mass is 10.0. The minimum atomic E-state index is 0.620. The Kier molecular flexibility index (Phi) is 1.71. The molecule has 1 saturated carbocycles. The van der Waals surface area contributed by atoms with Crippen molar-refractivity contribution in [2.75, 3.05) is 0 Å². The summed E-state index contributed by atoms with van der Waals surface area (Å²) < 4.78 is 5.66. The molecule has 1 nitrogen and oxygen atoms in total. The Morgan fingerprint density at radius 3 is 2.64 bits per heavy atom. The van der Waals surface area contributed by atoms with Crippen molar-refractivity contribution in [3.05, 3.63) is 0 Å². The molecular weight excluding hydrogens is 136 g/mol. The lowest BCUT2D eigenvalue weighted by Gasteiger charge is -2.01. The topological polar surface area (TPSA) is 12.5 Å². The molecule has 5 atom stereocenters. The van der Waals surface area contributed by atoms with Gasteiger partial charge in [0, 0.05) is 0 Å². The van der Waals surface area contributed by atoms with Crippen molar-refractivity contribution in [3.63, 3.8) is 0 Å². The Hall–Kier alpha value is -0.0400. The summed E-state index contributed by atoms with van der Waals surface area (Å²) in [7, 11) is 0. The summed E-state index contributed by atoms with van der Waals surface area (Å²) in [6, 6.07) is 0. The Bertz CT molecular complexity index is 147. The van der Waals surface area contributed by atoms with E-state index in [2.05, 4.69) is 20.8 Å². The van der Waals surface area contributed by atoms with Crippen LogP contribution < -0.4 is 0 Å². The van der Waals surface area contributed by atoms with Crippen molar-refractivity contribution in [1.29, 1.82) is 0 Å². The molecule has 1 aliphatic heterocycles. The molecule has 64 valence electrons. The van der Waals surface area contributed by atoms with Gasteiger partial charge in [0.1, 0.15) is 0 Å². The highest BCUT2D eigenvalue weighted by Crippen LogP contribution is 2.51. The largest absolute Gasteiger partial charge is 0.369 e. The van der Waals surface area contributed by atoms with E-state index in [9.17, 15) is 0 Å². The molecule has 2 rings (SSSR count). The highest BCUT2D eigenvalue weighted by atomic mass is 16.6. The Morgan fingerprint density at radius 2 is 2.18 bits per heavy atom. The summed E-state index contributed by atoms with van der Waals surface area (Å²) in [6.45, 7) is 6.89. The van der Waals surface area contributed by atoms with Crippen LogP contribution in [0.1, 0.15) is 33.6 Å². The summed E-state index contributed by atoms with van der Waals surface area (Å²) in [5.41, 5.74) is 0. The molecule has 1 aliphatic carbocycles. The molecule has 0 aromatic carbocycles. The second kappa shape index (κ2) is 2.48. The molecule has 0 bridgehead atoms. The standard InChI is InChI=1S/C10H18O/c1-4-6(2)9-10(11-9)8-5-7(8)3/h6-10H,4-5H2,1-3H3. The maximum Gasteiger partial charge on any atom is 0.0875 e. The van der Waals surface area contributed by atoms with Crippen LogP contribution in [0.3, 0.4) is 0 Å². The van der Waals surface area contributed by atoms with E-state index in [0.29, 0.717) is 12.2 Å². The van der Waals surface area contributed by atoms with E-state index in [-0.39, 0.29) is 0 Å². The average molecular weight is 154 g/mol. The fourth-order valence-electron chi connectivity index (χ4n) is 1.98. The first kappa shape index (κ1) is 7.60. The van der Waals surface area contributed by atoms with Crippen LogP contribution in [0.5, 0.6) is 0 Å². The zero-order chi connectivity index (χ0) is 8.01. The number of hydrogen-bond donors (Lipinski definition) is 0. The molecule has 1 heterocycles. The average Bonchev–Trinajstić information content (AvgIpc) is 2.81. The van der Waals surface area contributed by atoms with Crippen LogP contribution in [0.4, 0.5) is 0 Å². The fourth-order valence-corrected chi connectivity index (χ4v) is 1.98. The monoisotopic (exact) mass is 154 g/mol. The second-order valence-corrected chi connectivity index (χ2v) is 4.33. The highest BCUT2D eigenvalue weighted by molar-refractivity contribution is 5.01. The predicted molar refractivity (Wildman–Crippen MR) is 45.4 cm³/mol. The SMILES string of the molecule is CCC(C)C1OC1C1CC1C. The summed E-state index contributed by atoms with van der Waals surface area (Å²) in [6.07, 6.45) is 3.95. The van der Waals surface area contributed by atoms with Crippen molar-refractivity contribution in [2.45, 2.75) is 45.8 Å². The summed E-state index contributed by atoms with van der Waals surface area (Å²) in [5, 5.41) is 0. The minimum absolute atomic E-state index is 0.620. The molecule has 5 unspecified atom stereocenters. The van der Waals surface area contributed by atoms with Crippen molar-refractivity contribution >= 4 is 0 Å². The third-order valence-corrected chi connectivity index (χ3v) is 3.36. The first-order chi connectivity index (χ1) is 5.24. The number of hydrogen-bond acceptors (Lipinski definition) is 1. The molecule has 0 aromatic rings. The Labute approximate surface area is 69.1 Å². The van der Waals surface area contributed by atoms with Gasteiger partial charge in [-0.15, -0.1) is 0 Å². The smallest absolute Gasteiger partial charge is 0.0875 e. The van der Waals surface area contributed by atoms with Crippen LogP contribution in [0.25, 0.3) is 0 Å². The van der Waals surface area contributed by atoms with E-state index in [4.69, 9.17) is 4.74 Å². The van der Waals surface area contributed by atoms with E-state index in [1.54, 1.807) is 0 Å². The van der Waals surface area contributed by atoms with Gasteiger partial charge in [0.05, 0.1) is 12.2 Å². The van der Waals surface area contributed by atoms with E-state index < -0.39 is 0 Å². The van der Waals surface area contributed by atoms with E-state index in [1.165, 1.54) is 12.8 Å². The van der Waals surface area contributed by atoms with Gasteiger partial charge < -0.3 is 4.74 Å². The molecule has 0 radical (unpaired) electrons. The molecule has 1 saturated heterocycles. The normalized spacial score (nSPS) is 50.5. The first-order valence-electron chi connectivity index (χ1n) is 4.89.